The van der Waals surface area contributed by atoms with Gasteiger partial charge < -0.3 is 19.9 Å². The second-order valence-electron chi connectivity index (χ2n) is 4.65. The first-order valence-corrected chi connectivity index (χ1v) is 6.71. The van der Waals surface area contributed by atoms with Crippen molar-refractivity contribution in [1.82, 2.24) is 25.2 Å². The lowest BCUT2D eigenvalue weighted by atomic mass is 10.2. The van der Waals surface area contributed by atoms with Crippen LogP contribution in [0.5, 0.6) is 0 Å². The SMILES string of the molecule is CCNC(=O)NCC1COCc2nc3cccnc3n21. The molecule has 20 heavy (non-hydrogen) atoms. The summed E-state index contributed by atoms with van der Waals surface area (Å²) in [6, 6.07) is 3.64. The summed E-state index contributed by atoms with van der Waals surface area (Å²) in [7, 11) is 0. The molecule has 1 aliphatic heterocycles. The third-order valence-corrected chi connectivity index (χ3v) is 3.26. The Morgan fingerprint density at radius 2 is 2.45 bits per heavy atom. The number of nitrogens with zero attached hydrogens (tertiary/aromatic N) is 3. The van der Waals surface area contributed by atoms with Crippen LogP contribution in [0.2, 0.25) is 0 Å². The van der Waals surface area contributed by atoms with E-state index in [2.05, 4.69) is 25.2 Å². The number of pyridine rings is 1. The number of aromatic nitrogens is 3. The molecule has 3 rings (SSSR count). The largest absolute Gasteiger partial charge is 0.371 e. The van der Waals surface area contributed by atoms with Gasteiger partial charge >= 0.3 is 6.03 Å². The van der Waals surface area contributed by atoms with Gasteiger partial charge in [-0.25, -0.2) is 14.8 Å². The van der Waals surface area contributed by atoms with Crippen molar-refractivity contribution >= 4 is 17.2 Å². The lowest BCUT2D eigenvalue weighted by Crippen LogP contribution is -2.40. The topological polar surface area (TPSA) is 81.1 Å². The van der Waals surface area contributed by atoms with E-state index >= 15 is 0 Å². The zero-order valence-corrected chi connectivity index (χ0v) is 11.3. The molecule has 1 unspecified atom stereocenters. The number of imidazole rings is 1. The second kappa shape index (κ2) is 5.46. The highest BCUT2D eigenvalue weighted by molar-refractivity contribution is 5.74. The zero-order valence-electron chi connectivity index (χ0n) is 11.3. The van der Waals surface area contributed by atoms with Gasteiger partial charge in [-0.05, 0) is 19.1 Å². The van der Waals surface area contributed by atoms with Crippen LogP contribution in [-0.4, -0.2) is 40.3 Å². The molecule has 0 aromatic carbocycles. The molecular weight excluding hydrogens is 258 g/mol. The number of hydrogen-bond acceptors (Lipinski definition) is 4. The Morgan fingerprint density at radius 3 is 3.30 bits per heavy atom. The molecule has 1 aliphatic rings. The molecule has 0 saturated heterocycles. The maximum absolute atomic E-state index is 11.5. The lowest BCUT2D eigenvalue weighted by molar-refractivity contribution is 0.0570. The van der Waals surface area contributed by atoms with Crippen molar-refractivity contribution in [3.63, 3.8) is 0 Å². The normalized spacial score (nSPS) is 17.8. The first-order chi connectivity index (χ1) is 9.79. The fourth-order valence-corrected chi connectivity index (χ4v) is 2.41. The highest BCUT2D eigenvalue weighted by Gasteiger charge is 2.24. The van der Waals surface area contributed by atoms with Crippen LogP contribution in [0.4, 0.5) is 4.79 Å². The number of ether oxygens (including phenoxy) is 1. The molecule has 106 valence electrons. The summed E-state index contributed by atoms with van der Waals surface area (Å²) in [6.45, 7) is 4.00. The predicted molar refractivity (Wildman–Crippen MR) is 73.3 cm³/mol. The Hall–Kier alpha value is -2.15. The van der Waals surface area contributed by atoms with Gasteiger partial charge in [-0.3, -0.25) is 0 Å². The Bertz CT molecular complexity index is 624. The van der Waals surface area contributed by atoms with Crippen LogP contribution >= 0.6 is 0 Å². The van der Waals surface area contributed by atoms with Crippen molar-refractivity contribution in [1.29, 1.82) is 0 Å². The molecule has 2 aromatic heterocycles. The molecule has 0 aliphatic carbocycles. The summed E-state index contributed by atoms with van der Waals surface area (Å²) in [6.07, 6.45) is 1.75. The molecule has 1 atom stereocenters. The maximum atomic E-state index is 11.5. The molecule has 2 amide bonds. The summed E-state index contributed by atoms with van der Waals surface area (Å²) < 4.78 is 7.61. The molecule has 0 radical (unpaired) electrons. The lowest BCUT2D eigenvalue weighted by Gasteiger charge is -2.25. The van der Waals surface area contributed by atoms with Crippen LogP contribution in [0.15, 0.2) is 18.3 Å². The Balaban J connectivity index is 1.84. The van der Waals surface area contributed by atoms with Crippen molar-refractivity contribution in [3.05, 3.63) is 24.2 Å². The fraction of sp³-hybridized carbons (Fsp3) is 0.462. The summed E-state index contributed by atoms with van der Waals surface area (Å²) in [5.74, 6) is 0.854. The first kappa shape index (κ1) is 12.9. The average molecular weight is 275 g/mol. The summed E-state index contributed by atoms with van der Waals surface area (Å²) in [4.78, 5) is 20.4. The highest BCUT2D eigenvalue weighted by atomic mass is 16.5. The van der Waals surface area contributed by atoms with Crippen LogP contribution in [0, 0.1) is 0 Å². The molecule has 7 heteroatoms. The molecule has 0 fully saturated rings. The molecule has 0 saturated carbocycles. The Labute approximate surface area is 116 Å². The van der Waals surface area contributed by atoms with E-state index in [1.54, 1.807) is 6.20 Å². The zero-order chi connectivity index (χ0) is 13.9. The van der Waals surface area contributed by atoms with Crippen molar-refractivity contribution in [2.24, 2.45) is 0 Å². The van der Waals surface area contributed by atoms with Gasteiger partial charge in [0.2, 0.25) is 0 Å². The van der Waals surface area contributed by atoms with Crippen LogP contribution in [0.25, 0.3) is 11.2 Å². The standard InChI is InChI=1S/C13H17N5O2/c1-2-14-13(19)16-6-9-7-20-8-11-17-10-4-3-5-15-12(10)18(9)11/h3-5,9H,2,6-8H2,1H3,(H2,14,16,19). The van der Waals surface area contributed by atoms with Crippen molar-refractivity contribution < 1.29 is 9.53 Å². The van der Waals surface area contributed by atoms with Crippen LogP contribution in [0.3, 0.4) is 0 Å². The maximum Gasteiger partial charge on any atom is 0.314 e. The molecule has 3 heterocycles. The van der Waals surface area contributed by atoms with Gasteiger partial charge in [-0.1, -0.05) is 0 Å². The Morgan fingerprint density at radius 1 is 1.55 bits per heavy atom. The van der Waals surface area contributed by atoms with E-state index in [0.717, 1.165) is 17.0 Å². The number of hydrogen-bond donors (Lipinski definition) is 2. The van der Waals surface area contributed by atoms with E-state index in [1.807, 2.05) is 19.1 Å². The van der Waals surface area contributed by atoms with Gasteiger partial charge in [-0.15, -0.1) is 0 Å². The third-order valence-electron chi connectivity index (χ3n) is 3.26. The van der Waals surface area contributed by atoms with Crippen LogP contribution < -0.4 is 10.6 Å². The average Bonchev–Trinajstić information content (AvgIpc) is 2.84. The monoisotopic (exact) mass is 275 g/mol. The van der Waals surface area contributed by atoms with E-state index in [9.17, 15) is 4.79 Å². The summed E-state index contributed by atoms with van der Waals surface area (Å²) in [5, 5.41) is 5.55. The van der Waals surface area contributed by atoms with E-state index in [1.165, 1.54) is 0 Å². The van der Waals surface area contributed by atoms with Crippen LogP contribution in [0.1, 0.15) is 18.8 Å². The van der Waals surface area contributed by atoms with Crippen LogP contribution in [-0.2, 0) is 11.3 Å². The molecule has 7 nitrogen and oxygen atoms in total. The molecule has 2 aromatic rings. The number of carbonyl (C=O) groups excluding carboxylic acids is 1. The van der Waals surface area contributed by atoms with Crippen molar-refractivity contribution in [3.8, 4) is 0 Å². The minimum Gasteiger partial charge on any atom is -0.371 e. The number of nitrogens with one attached hydrogen (secondary N) is 2. The quantitative estimate of drug-likeness (QED) is 0.869. The number of fused-ring (bicyclic) bond motifs is 3. The molecule has 0 bridgehead atoms. The summed E-state index contributed by atoms with van der Waals surface area (Å²) in [5.41, 5.74) is 1.70. The highest BCUT2D eigenvalue weighted by Crippen LogP contribution is 2.23. The third kappa shape index (κ3) is 2.32. The van der Waals surface area contributed by atoms with E-state index in [4.69, 9.17) is 4.74 Å². The van der Waals surface area contributed by atoms with Gasteiger partial charge in [0.05, 0.1) is 12.6 Å². The van der Waals surface area contributed by atoms with Crippen molar-refractivity contribution in [2.45, 2.75) is 19.6 Å². The van der Waals surface area contributed by atoms with Gasteiger partial charge in [0.25, 0.3) is 0 Å². The number of amides is 2. The summed E-state index contributed by atoms with van der Waals surface area (Å²) >= 11 is 0. The first-order valence-electron chi connectivity index (χ1n) is 6.71. The van der Waals surface area contributed by atoms with E-state index < -0.39 is 0 Å². The predicted octanol–water partition coefficient (Wildman–Crippen LogP) is 0.822. The van der Waals surface area contributed by atoms with Gasteiger partial charge in [-0.2, -0.15) is 0 Å². The number of carbonyl (C=O) groups is 1. The fourth-order valence-electron chi connectivity index (χ4n) is 2.41. The van der Waals surface area contributed by atoms with Gasteiger partial charge in [0.1, 0.15) is 17.9 Å². The molecule has 0 spiro atoms. The smallest absolute Gasteiger partial charge is 0.314 e. The minimum absolute atomic E-state index is 0.0151. The van der Waals surface area contributed by atoms with E-state index in [-0.39, 0.29) is 12.1 Å². The van der Waals surface area contributed by atoms with E-state index in [0.29, 0.717) is 26.3 Å². The van der Waals surface area contributed by atoms with Crippen molar-refractivity contribution in [2.75, 3.05) is 19.7 Å². The number of urea groups is 1. The number of rotatable bonds is 3. The van der Waals surface area contributed by atoms with Gasteiger partial charge in [0.15, 0.2) is 5.65 Å². The molecular formula is C13H17N5O2. The Kier molecular flexibility index (Phi) is 3.51. The molecule has 2 N–H and O–H groups in total. The minimum atomic E-state index is -0.169. The van der Waals surface area contributed by atoms with Gasteiger partial charge in [0, 0.05) is 19.3 Å². The second-order valence-corrected chi connectivity index (χ2v) is 4.65.